The third-order valence-corrected chi connectivity index (χ3v) is 0.944. The first-order valence-corrected chi connectivity index (χ1v) is 3.21. The zero-order chi connectivity index (χ0) is 7.54. The average Bonchev–Trinajstić information content (AvgIpc) is 2.51. The van der Waals surface area contributed by atoms with Gasteiger partial charge in [-0.25, -0.2) is 6.07 Å². The molecule has 0 radical (unpaired) electrons. The SMILES string of the molecule is [C-]#N.[CH2-]C.[Cu+].[Li+].[Li+].[c-]1cccs1. The first-order chi connectivity index (χ1) is 4.50. The molecule has 60 valence electrons. The Morgan fingerprint density at radius 3 is 1.83 bits per heavy atom. The van der Waals surface area contributed by atoms with Crippen molar-refractivity contribution in [2.45, 2.75) is 6.92 Å². The van der Waals surface area contributed by atoms with Crippen LogP contribution in [0.2, 0.25) is 0 Å². The van der Waals surface area contributed by atoms with Crippen LogP contribution >= 0.6 is 11.3 Å². The first-order valence-electron chi connectivity index (χ1n) is 2.33. The standard InChI is InChI=1S/C4H3S.C2H5.CN.Cu.2Li/c1-2-4-5-3-1;2*1-2;;;/h1-3H;1H2,2H3;;;;/q3*-1;3*+1. The molecule has 0 spiro atoms. The normalized spacial score (nSPS) is 4.00. The molecule has 0 N–H and O–H groups in total. The van der Waals surface area contributed by atoms with E-state index in [0.717, 1.165) is 0 Å². The Bertz CT molecular complexity index is 105. The van der Waals surface area contributed by atoms with E-state index in [0.29, 0.717) is 0 Å². The van der Waals surface area contributed by atoms with Crippen molar-refractivity contribution in [1.82, 2.24) is 0 Å². The molecule has 1 rings (SSSR count). The molecular weight excluding hydrogens is 208 g/mol. The molecule has 1 nitrogen and oxygen atoms in total. The number of nitrogens with zero attached hydrogens (tertiary/aromatic N) is 1. The van der Waals surface area contributed by atoms with E-state index in [9.17, 15) is 0 Å². The summed E-state index contributed by atoms with van der Waals surface area (Å²) in [7, 11) is 0. The zero-order valence-corrected chi connectivity index (χ0v) is 9.35. The Morgan fingerprint density at radius 1 is 1.33 bits per heavy atom. The van der Waals surface area contributed by atoms with Crippen molar-refractivity contribution >= 4 is 11.3 Å². The van der Waals surface area contributed by atoms with E-state index in [2.05, 4.69) is 12.3 Å². The second-order valence-corrected chi connectivity index (χ2v) is 1.47. The minimum absolute atomic E-state index is 0. The molecule has 1 aromatic heterocycles. The van der Waals surface area contributed by atoms with Crippen LogP contribution in [0.3, 0.4) is 0 Å². The maximum absolute atomic E-state index is 6.25. The van der Waals surface area contributed by atoms with Gasteiger partial charge in [-0.05, 0) is 0 Å². The van der Waals surface area contributed by atoms with Gasteiger partial charge in [-0.1, -0.05) is 0 Å². The fourth-order valence-electron chi connectivity index (χ4n) is 0.196. The van der Waals surface area contributed by atoms with Crippen LogP contribution in [0.15, 0.2) is 17.5 Å². The quantitative estimate of drug-likeness (QED) is 0.325. The summed E-state index contributed by atoms with van der Waals surface area (Å²) in [4.78, 5) is 0. The van der Waals surface area contributed by atoms with Crippen molar-refractivity contribution in [1.29, 1.82) is 5.26 Å². The molecule has 1 heterocycles. The summed E-state index contributed by atoms with van der Waals surface area (Å²) < 4.78 is 0. The summed E-state index contributed by atoms with van der Waals surface area (Å²) in [5.74, 6) is 0. The summed E-state index contributed by atoms with van der Waals surface area (Å²) >= 11 is 1.59. The third-order valence-electron chi connectivity index (χ3n) is 0.379. The molecule has 0 saturated carbocycles. The molecule has 0 atom stereocenters. The summed E-state index contributed by atoms with van der Waals surface area (Å²) in [6.07, 6.45) is 0. The van der Waals surface area contributed by atoms with E-state index in [4.69, 9.17) is 11.8 Å². The minimum Gasteiger partial charge on any atom is -0.512 e. The second kappa shape index (κ2) is 40.6. The predicted molar refractivity (Wildman–Crippen MR) is 39.2 cm³/mol. The number of thiophene rings is 1. The summed E-state index contributed by atoms with van der Waals surface area (Å²) in [5.41, 5.74) is 0. The molecule has 1 aromatic rings. The Kier molecular flexibility index (Phi) is 99.0. The van der Waals surface area contributed by atoms with Crippen molar-refractivity contribution in [3.63, 3.8) is 0 Å². The maximum atomic E-state index is 6.25. The largest absolute Gasteiger partial charge is 1.00 e. The maximum Gasteiger partial charge on any atom is 1.00 e. The molecule has 0 aliphatic rings. The Hall–Kier alpha value is 0.904. The van der Waals surface area contributed by atoms with Crippen LogP contribution in [0.1, 0.15) is 6.92 Å². The third kappa shape index (κ3) is 30.7. The first kappa shape index (κ1) is 29.3. The van der Waals surface area contributed by atoms with Crippen molar-refractivity contribution in [2.24, 2.45) is 0 Å². The molecule has 0 aliphatic carbocycles. The van der Waals surface area contributed by atoms with Gasteiger partial charge in [0.15, 0.2) is 0 Å². The fraction of sp³-hybridized carbons (Fsp3) is 0.143. The van der Waals surface area contributed by atoms with Gasteiger partial charge in [-0.15, -0.1) is 5.38 Å². The fourth-order valence-corrected chi connectivity index (χ4v) is 0.589. The molecule has 0 unspecified atom stereocenters. The van der Waals surface area contributed by atoms with Crippen molar-refractivity contribution in [3.8, 4) is 0 Å². The summed E-state index contributed by atoms with van der Waals surface area (Å²) in [6.45, 7) is 9.75. The summed E-state index contributed by atoms with van der Waals surface area (Å²) in [6, 6.07) is 3.86. The van der Waals surface area contributed by atoms with Crippen LogP contribution in [-0.2, 0) is 17.1 Å². The molecule has 0 saturated heterocycles. The van der Waals surface area contributed by atoms with Gasteiger partial charge in [0.25, 0.3) is 0 Å². The van der Waals surface area contributed by atoms with Crippen LogP contribution < -0.4 is 37.7 Å². The zero-order valence-electron chi connectivity index (χ0n) is 7.60. The minimum atomic E-state index is 0. The number of hydrogen-bond donors (Lipinski definition) is 0. The van der Waals surface area contributed by atoms with Crippen LogP contribution in [0.25, 0.3) is 0 Å². The van der Waals surface area contributed by atoms with E-state index >= 15 is 0 Å². The van der Waals surface area contributed by atoms with Gasteiger partial charge in [-0.3, -0.25) is 0 Å². The van der Waals surface area contributed by atoms with Crippen molar-refractivity contribution in [3.05, 3.63) is 36.4 Å². The van der Waals surface area contributed by atoms with Crippen molar-refractivity contribution < 1.29 is 54.8 Å². The second-order valence-electron chi connectivity index (χ2n) is 0.731. The molecule has 0 aromatic carbocycles. The molecule has 5 heteroatoms. The molecule has 0 fully saturated rings. The van der Waals surface area contributed by atoms with E-state index in [1.165, 1.54) is 0 Å². The molecule has 0 bridgehead atoms. The van der Waals surface area contributed by atoms with Gasteiger partial charge in [0, 0.05) is 0 Å². The predicted octanol–water partition coefficient (Wildman–Crippen LogP) is -3.51. The van der Waals surface area contributed by atoms with Crippen LogP contribution in [0, 0.1) is 24.1 Å². The Labute approximate surface area is 114 Å². The van der Waals surface area contributed by atoms with E-state index < -0.39 is 0 Å². The van der Waals surface area contributed by atoms with Crippen LogP contribution in [0.5, 0.6) is 0 Å². The monoisotopic (exact) mass is 215 g/mol. The van der Waals surface area contributed by atoms with E-state index in [1.807, 2.05) is 17.5 Å². The Balaban J connectivity index is -0.0000000213. The van der Waals surface area contributed by atoms with E-state index in [1.54, 1.807) is 18.3 Å². The van der Waals surface area contributed by atoms with Gasteiger partial charge in [0.2, 0.25) is 0 Å². The topological polar surface area (TPSA) is 23.8 Å². The van der Waals surface area contributed by atoms with Crippen LogP contribution in [-0.4, -0.2) is 0 Å². The van der Waals surface area contributed by atoms with Gasteiger partial charge >= 0.3 is 54.8 Å². The Morgan fingerprint density at radius 2 is 1.75 bits per heavy atom. The van der Waals surface area contributed by atoms with Gasteiger partial charge in [-0.2, -0.15) is 18.4 Å². The smallest absolute Gasteiger partial charge is 0.512 e. The van der Waals surface area contributed by atoms with Crippen LogP contribution in [0.4, 0.5) is 0 Å². The van der Waals surface area contributed by atoms with Crippen molar-refractivity contribution in [2.75, 3.05) is 0 Å². The van der Waals surface area contributed by atoms with E-state index in [-0.39, 0.29) is 54.8 Å². The summed E-state index contributed by atoms with van der Waals surface area (Å²) in [5, 5.41) is 11.1. The average molecular weight is 216 g/mol. The molecular formula is C7H8CuLi2NS. The van der Waals surface area contributed by atoms with Gasteiger partial charge in [0.05, 0.1) is 0 Å². The molecule has 0 aliphatic heterocycles. The van der Waals surface area contributed by atoms with Gasteiger partial charge < -0.3 is 30.1 Å². The molecule has 0 amide bonds. The number of hydrogen-bond acceptors (Lipinski definition) is 2. The molecule has 12 heavy (non-hydrogen) atoms. The van der Waals surface area contributed by atoms with Gasteiger partial charge in [0.1, 0.15) is 0 Å². The number of rotatable bonds is 0.